The van der Waals surface area contributed by atoms with Crippen LogP contribution < -0.4 is 0 Å². The molecule has 4 nitrogen and oxygen atoms in total. The summed E-state index contributed by atoms with van der Waals surface area (Å²) in [5.74, 6) is 1.63. The van der Waals surface area contributed by atoms with Crippen molar-refractivity contribution in [1.82, 2.24) is 19.8 Å². The van der Waals surface area contributed by atoms with Gasteiger partial charge in [-0.25, -0.2) is 9.37 Å². The zero-order valence-electron chi connectivity index (χ0n) is 13.3. The first-order chi connectivity index (χ1) is 11.3. The van der Waals surface area contributed by atoms with Crippen molar-refractivity contribution in [3.63, 3.8) is 0 Å². The van der Waals surface area contributed by atoms with Crippen LogP contribution in [0.25, 0.3) is 0 Å². The lowest BCUT2D eigenvalue weighted by Gasteiger charge is -2.35. The van der Waals surface area contributed by atoms with E-state index in [1.165, 1.54) is 18.4 Å². The number of hydrogen-bond donors (Lipinski definition) is 1. The number of rotatable bonds is 4. The van der Waals surface area contributed by atoms with Gasteiger partial charge < -0.3 is 4.98 Å². The van der Waals surface area contributed by atoms with Gasteiger partial charge >= 0.3 is 0 Å². The molecule has 122 valence electrons. The van der Waals surface area contributed by atoms with E-state index in [-0.39, 0.29) is 5.82 Å². The first kappa shape index (κ1) is 14.8. The second-order valence-corrected chi connectivity index (χ2v) is 6.88. The van der Waals surface area contributed by atoms with Crippen LogP contribution >= 0.6 is 0 Å². The van der Waals surface area contributed by atoms with Gasteiger partial charge in [0.15, 0.2) is 0 Å². The Hall–Kier alpha value is -1.72. The van der Waals surface area contributed by atoms with E-state index in [0.29, 0.717) is 6.04 Å². The summed E-state index contributed by atoms with van der Waals surface area (Å²) in [7, 11) is 0. The number of hydrogen-bond acceptors (Lipinski definition) is 3. The fourth-order valence-electron chi connectivity index (χ4n) is 4.02. The monoisotopic (exact) mass is 314 g/mol. The maximum absolute atomic E-state index is 13.1. The summed E-state index contributed by atoms with van der Waals surface area (Å²) in [4.78, 5) is 12.7. The zero-order chi connectivity index (χ0) is 15.6. The maximum atomic E-state index is 13.1. The van der Waals surface area contributed by atoms with Crippen LogP contribution in [0.15, 0.2) is 36.7 Å². The van der Waals surface area contributed by atoms with Gasteiger partial charge in [0.1, 0.15) is 11.6 Å². The number of piperidine rings is 1. The van der Waals surface area contributed by atoms with E-state index in [1.807, 2.05) is 24.5 Å². The van der Waals surface area contributed by atoms with Crippen molar-refractivity contribution >= 4 is 0 Å². The molecule has 2 unspecified atom stereocenters. The van der Waals surface area contributed by atoms with Crippen LogP contribution in [-0.2, 0) is 13.1 Å². The molecule has 0 saturated carbocycles. The van der Waals surface area contributed by atoms with Crippen molar-refractivity contribution < 1.29 is 4.39 Å². The fraction of sp³-hybridized carbons (Fsp3) is 0.500. The lowest BCUT2D eigenvalue weighted by atomic mass is 9.95. The van der Waals surface area contributed by atoms with Gasteiger partial charge in [0, 0.05) is 44.6 Å². The Bertz CT molecular complexity index is 625. The Morgan fingerprint density at radius 2 is 1.96 bits per heavy atom. The third kappa shape index (κ3) is 3.46. The molecule has 1 aromatic carbocycles. The molecule has 0 amide bonds. The van der Waals surface area contributed by atoms with Crippen molar-refractivity contribution in [3.05, 3.63) is 53.9 Å². The lowest BCUT2D eigenvalue weighted by molar-refractivity contribution is 0.120. The molecular formula is C18H23FN4. The van der Waals surface area contributed by atoms with E-state index in [2.05, 4.69) is 19.8 Å². The summed E-state index contributed by atoms with van der Waals surface area (Å²) < 4.78 is 13.1. The minimum absolute atomic E-state index is 0.158. The number of imidazole rings is 1. The average Bonchev–Trinajstić information content (AvgIpc) is 2.91. The largest absolute Gasteiger partial charge is 0.348 e. The van der Waals surface area contributed by atoms with Crippen molar-refractivity contribution in [2.75, 3.05) is 19.6 Å². The molecule has 1 N–H and O–H groups in total. The minimum Gasteiger partial charge on any atom is -0.348 e. The Morgan fingerprint density at radius 1 is 1.09 bits per heavy atom. The molecule has 2 atom stereocenters. The van der Waals surface area contributed by atoms with E-state index in [4.69, 9.17) is 0 Å². The summed E-state index contributed by atoms with van der Waals surface area (Å²) in [6.07, 6.45) is 6.31. The second kappa shape index (κ2) is 6.42. The van der Waals surface area contributed by atoms with Gasteiger partial charge in [0.05, 0.1) is 6.54 Å². The van der Waals surface area contributed by atoms with Crippen molar-refractivity contribution in [3.8, 4) is 0 Å². The van der Waals surface area contributed by atoms with E-state index in [0.717, 1.165) is 44.5 Å². The molecule has 3 saturated heterocycles. The van der Waals surface area contributed by atoms with Crippen LogP contribution in [0.4, 0.5) is 4.39 Å². The van der Waals surface area contributed by atoms with Crippen molar-refractivity contribution in [1.29, 1.82) is 0 Å². The van der Waals surface area contributed by atoms with Gasteiger partial charge in [0.25, 0.3) is 0 Å². The van der Waals surface area contributed by atoms with E-state index < -0.39 is 0 Å². The number of H-pyrrole nitrogens is 1. The molecule has 2 aromatic rings. The third-order valence-corrected chi connectivity index (χ3v) is 5.13. The van der Waals surface area contributed by atoms with Crippen LogP contribution in [-0.4, -0.2) is 45.4 Å². The van der Waals surface area contributed by atoms with E-state index >= 15 is 0 Å². The highest BCUT2D eigenvalue weighted by atomic mass is 19.1. The molecule has 1 aromatic heterocycles. The van der Waals surface area contributed by atoms with Gasteiger partial charge in [-0.1, -0.05) is 12.1 Å². The predicted molar refractivity (Wildman–Crippen MR) is 87.2 cm³/mol. The SMILES string of the molecule is Fc1ccc(CN2CC3CCC(C2)N(Cc2ncc[nH]2)C3)cc1. The minimum atomic E-state index is -0.158. The lowest BCUT2D eigenvalue weighted by Crippen LogP contribution is -2.43. The summed E-state index contributed by atoms with van der Waals surface area (Å²) >= 11 is 0. The number of nitrogens with zero attached hydrogens (tertiary/aromatic N) is 3. The van der Waals surface area contributed by atoms with Crippen LogP contribution in [0.3, 0.4) is 0 Å². The predicted octanol–water partition coefficient (Wildman–Crippen LogP) is 2.65. The van der Waals surface area contributed by atoms with Crippen molar-refractivity contribution in [2.45, 2.75) is 32.0 Å². The van der Waals surface area contributed by atoms with Crippen LogP contribution in [0.2, 0.25) is 0 Å². The number of nitrogens with one attached hydrogen (secondary N) is 1. The van der Waals surface area contributed by atoms with Crippen LogP contribution in [0, 0.1) is 11.7 Å². The molecule has 0 aliphatic carbocycles. The number of halogens is 1. The highest BCUT2D eigenvalue weighted by Crippen LogP contribution is 2.29. The molecule has 5 heteroatoms. The second-order valence-electron chi connectivity index (χ2n) is 6.88. The quantitative estimate of drug-likeness (QED) is 0.942. The summed E-state index contributed by atoms with van der Waals surface area (Å²) in [5.41, 5.74) is 1.20. The van der Waals surface area contributed by atoms with Gasteiger partial charge in [-0.15, -0.1) is 0 Å². The van der Waals surface area contributed by atoms with E-state index in [1.54, 1.807) is 12.1 Å². The summed E-state index contributed by atoms with van der Waals surface area (Å²) in [5, 5.41) is 0. The Kier molecular flexibility index (Phi) is 4.14. The number of aromatic amines is 1. The molecular weight excluding hydrogens is 291 g/mol. The zero-order valence-corrected chi connectivity index (χ0v) is 13.3. The molecule has 23 heavy (non-hydrogen) atoms. The molecule has 2 bridgehead atoms. The van der Waals surface area contributed by atoms with Gasteiger partial charge in [0.2, 0.25) is 0 Å². The highest BCUT2D eigenvalue weighted by molar-refractivity contribution is 5.16. The highest BCUT2D eigenvalue weighted by Gasteiger charge is 2.34. The Labute approximate surface area is 136 Å². The van der Waals surface area contributed by atoms with Crippen LogP contribution in [0.1, 0.15) is 24.2 Å². The summed E-state index contributed by atoms with van der Waals surface area (Å²) in [6, 6.07) is 7.53. The number of aromatic nitrogens is 2. The molecule has 4 heterocycles. The third-order valence-electron chi connectivity index (χ3n) is 5.13. The van der Waals surface area contributed by atoms with Crippen molar-refractivity contribution in [2.24, 2.45) is 5.92 Å². The molecule has 3 aliphatic rings. The average molecular weight is 314 g/mol. The van der Waals surface area contributed by atoms with E-state index in [9.17, 15) is 4.39 Å². The molecule has 3 fully saturated rings. The normalized spacial score (nSPS) is 25.6. The molecule has 0 spiro atoms. The first-order valence-electron chi connectivity index (χ1n) is 8.45. The molecule has 0 radical (unpaired) electrons. The Morgan fingerprint density at radius 3 is 2.74 bits per heavy atom. The number of fused-ring (bicyclic) bond motifs is 4. The van der Waals surface area contributed by atoms with Gasteiger partial charge in [-0.05, 0) is 36.5 Å². The Balaban J connectivity index is 1.43. The standard InChI is InChI=1S/C18H23FN4/c19-16-4-1-14(2-5-16)9-22-10-15-3-6-17(12-22)23(11-15)13-18-20-7-8-21-18/h1-2,4-5,7-8,15,17H,3,6,9-13H2,(H,20,21). The fourth-order valence-corrected chi connectivity index (χ4v) is 4.02. The summed E-state index contributed by atoms with van der Waals surface area (Å²) in [6.45, 7) is 5.23. The van der Waals surface area contributed by atoms with Crippen LogP contribution in [0.5, 0.6) is 0 Å². The molecule has 5 rings (SSSR count). The number of benzene rings is 1. The smallest absolute Gasteiger partial charge is 0.123 e. The topological polar surface area (TPSA) is 35.2 Å². The van der Waals surface area contributed by atoms with Gasteiger partial charge in [-0.2, -0.15) is 0 Å². The first-order valence-corrected chi connectivity index (χ1v) is 8.45. The maximum Gasteiger partial charge on any atom is 0.123 e. The van der Waals surface area contributed by atoms with Gasteiger partial charge in [-0.3, -0.25) is 9.80 Å². The molecule has 3 aliphatic heterocycles.